The molecule has 11 heteroatoms. The minimum Gasteiger partial charge on any atom is -0.433 e. The number of hydrogen-bond donors (Lipinski definition) is 2. The van der Waals surface area contributed by atoms with Gasteiger partial charge in [0, 0.05) is 13.2 Å². The molecule has 146 valence electrons. The second kappa shape index (κ2) is 9.81. The van der Waals surface area contributed by atoms with Crippen LogP contribution in [0.25, 0.3) is 0 Å². The van der Waals surface area contributed by atoms with Crippen LogP contribution in [0.4, 0.5) is 19.6 Å². The Morgan fingerprint density at radius 2 is 2.26 bits per heavy atom. The summed E-state index contributed by atoms with van der Waals surface area (Å²) in [5.74, 6) is -0.361. The summed E-state index contributed by atoms with van der Waals surface area (Å²) in [6.45, 7) is -1.48. The molecule has 27 heavy (non-hydrogen) atoms. The first-order chi connectivity index (χ1) is 13.1. The van der Waals surface area contributed by atoms with Crippen LogP contribution in [0, 0.1) is 0 Å². The Bertz CT molecular complexity index is 757. The molecular formula is C16H18F2N4O3S2. The fraction of sp³-hybridized carbons (Fsp3) is 0.438. The van der Waals surface area contributed by atoms with E-state index in [1.807, 2.05) is 0 Å². The van der Waals surface area contributed by atoms with E-state index in [-0.39, 0.29) is 29.2 Å². The van der Waals surface area contributed by atoms with Crippen molar-refractivity contribution in [3.8, 4) is 5.75 Å². The fourth-order valence-corrected chi connectivity index (χ4v) is 3.99. The number of amides is 1. The van der Waals surface area contributed by atoms with Crippen molar-refractivity contribution in [1.29, 1.82) is 0 Å². The molecule has 1 aliphatic heterocycles. The largest absolute Gasteiger partial charge is 0.433 e. The summed E-state index contributed by atoms with van der Waals surface area (Å²) < 4.78 is 35.4. The zero-order valence-corrected chi connectivity index (χ0v) is 15.8. The van der Waals surface area contributed by atoms with Crippen LogP contribution in [0.2, 0.25) is 0 Å². The molecular weight excluding hydrogens is 398 g/mol. The zero-order chi connectivity index (χ0) is 19.1. The molecule has 1 unspecified atom stereocenters. The average molecular weight is 416 g/mol. The predicted octanol–water partition coefficient (Wildman–Crippen LogP) is 3.46. The van der Waals surface area contributed by atoms with Crippen molar-refractivity contribution in [3.05, 3.63) is 24.3 Å². The summed E-state index contributed by atoms with van der Waals surface area (Å²) in [6, 6.07) is 6.04. The Hall–Kier alpha value is -1.98. The van der Waals surface area contributed by atoms with Crippen LogP contribution in [-0.4, -0.2) is 47.7 Å². The van der Waals surface area contributed by atoms with E-state index in [4.69, 9.17) is 4.74 Å². The normalized spacial score (nSPS) is 16.5. The zero-order valence-electron chi connectivity index (χ0n) is 14.2. The molecule has 3 rings (SSSR count). The highest BCUT2D eigenvalue weighted by molar-refractivity contribution is 8.01. The highest BCUT2D eigenvalue weighted by atomic mass is 32.2. The van der Waals surface area contributed by atoms with Gasteiger partial charge in [0.2, 0.25) is 11.0 Å². The second-order valence-electron chi connectivity index (χ2n) is 5.60. The Balaban J connectivity index is 1.45. The lowest BCUT2D eigenvalue weighted by Gasteiger charge is -2.11. The Morgan fingerprint density at radius 1 is 1.41 bits per heavy atom. The summed E-state index contributed by atoms with van der Waals surface area (Å²) in [7, 11) is 0. The van der Waals surface area contributed by atoms with Gasteiger partial charge in [0.1, 0.15) is 5.75 Å². The van der Waals surface area contributed by atoms with Gasteiger partial charge in [0.15, 0.2) is 4.34 Å². The number of aromatic nitrogens is 2. The highest BCUT2D eigenvalue weighted by Gasteiger charge is 2.16. The van der Waals surface area contributed by atoms with Crippen molar-refractivity contribution in [1.82, 2.24) is 10.2 Å². The summed E-state index contributed by atoms with van der Waals surface area (Å²) in [4.78, 5) is 12.1. The molecule has 1 aliphatic rings. The number of para-hydroxylation sites is 2. The van der Waals surface area contributed by atoms with Gasteiger partial charge in [-0.25, -0.2) is 0 Å². The van der Waals surface area contributed by atoms with Crippen molar-refractivity contribution in [2.45, 2.75) is 29.9 Å². The van der Waals surface area contributed by atoms with E-state index in [1.54, 1.807) is 12.1 Å². The van der Waals surface area contributed by atoms with Crippen molar-refractivity contribution >= 4 is 39.8 Å². The van der Waals surface area contributed by atoms with E-state index in [2.05, 4.69) is 25.6 Å². The Kier molecular flexibility index (Phi) is 7.18. The topological polar surface area (TPSA) is 85.4 Å². The number of hydrogen-bond acceptors (Lipinski definition) is 8. The standard InChI is InChI=1S/C16H18F2N4O3S2/c17-14(18)25-12-6-2-1-5-11(12)20-13(23)9-26-16-22-21-15(27-16)19-8-10-4-3-7-24-10/h1-2,5-6,10,14H,3-4,7-9H2,(H,19,21)(H,20,23). The maximum atomic E-state index is 12.4. The summed E-state index contributed by atoms with van der Waals surface area (Å²) >= 11 is 2.57. The minimum atomic E-state index is -2.96. The SMILES string of the molecule is O=C(CSc1nnc(NCC2CCCO2)s1)Nc1ccccc1OC(F)F. The Morgan fingerprint density at radius 3 is 3.04 bits per heavy atom. The maximum absolute atomic E-state index is 12.4. The number of nitrogens with zero attached hydrogens (tertiary/aromatic N) is 2. The number of carbonyl (C=O) groups excluding carboxylic acids is 1. The summed E-state index contributed by atoms with van der Waals surface area (Å²) in [5, 5.41) is 14.5. The monoisotopic (exact) mass is 416 g/mol. The van der Waals surface area contributed by atoms with Gasteiger partial charge in [-0.3, -0.25) is 4.79 Å². The lowest BCUT2D eigenvalue weighted by atomic mass is 10.2. The van der Waals surface area contributed by atoms with Gasteiger partial charge in [-0.05, 0) is 25.0 Å². The molecule has 0 spiro atoms. The van der Waals surface area contributed by atoms with Crippen molar-refractivity contribution in [2.24, 2.45) is 0 Å². The molecule has 2 aromatic rings. The highest BCUT2D eigenvalue weighted by Crippen LogP contribution is 2.28. The van der Waals surface area contributed by atoms with Crippen molar-refractivity contribution in [3.63, 3.8) is 0 Å². The van der Waals surface area contributed by atoms with Crippen LogP contribution < -0.4 is 15.4 Å². The molecule has 7 nitrogen and oxygen atoms in total. The van der Waals surface area contributed by atoms with E-state index in [1.165, 1.54) is 35.2 Å². The first-order valence-corrected chi connectivity index (χ1v) is 10.1. The molecule has 0 aliphatic carbocycles. The summed E-state index contributed by atoms with van der Waals surface area (Å²) in [6.07, 6.45) is 2.31. The molecule has 1 fully saturated rings. The van der Waals surface area contributed by atoms with Gasteiger partial charge in [-0.2, -0.15) is 8.78 Å². The average Bonchev–Trinajstić information content (AvgIpc) is 3.31. The number of halogens is 2. The third-order valence-electron chi connectivity index (χ3n) is 3.62. The number of carbonyl (C=O) groups is 1. The van der Waals surface area contributed by atoms with Gasteiger partial charge in [0.25, 0.3) is 0 Å². The maximum Gasteiger partial charge on any atom is 0.387 e. The van der Waals surface area contributed by atoms with Crippen molar-refractivity contribution < 1.29 is 23.0 Å². The van der Waals surface area contributed by atoms with Gasteiger partial charge in [-0.1, -0.05) is 35.2 Å². The molecule has 1 aromatic heterocycles. The third-order valence-corrected chi connectivity index (χ3v) is 5.63. The van der Waals surface area contributed by atoms with Crippen LogP contribution in [0.3, 0.4) is 0 Å². The fourth-order valence-electron chi connectivity index (χ4n) is 2.43. The van der Waals surface area contributed by atoms with Crippen LogP contribution >= 0.6 is 23.1 Å². The number of alkyl halides is 2. The molecule has 1 amide bonds. The third kappa shape index (κ3) is 6.29. The lowest BCUT2D eigenvalue weighted by molar-refractivity contribution is -0.113. The van der Waals surface area contributed by atoms with Crippen LogP contribution in [0.1, 0.15) is 12.8 Å². The smallest absolute Gasteiger partial charge is 0.387 e. The van der Waals surface area contributed by atoms with Gasteiger partial charge < -0.3 is 20.1 Å². The van der Waals surface area contributed by atoms with E-state index in [0.29, 0.717) is 16.0 Å². The van der Waals surface area contributed by atoms with Gasteiger partial charge in [0.05, 0.1) is 17.5 Å². The van der Waals surface area contributed by atoms with Crippen LogP contribution in [0.15, 0.2) is 28.6 Å². The van der Waals surface area contributed by atoms with Crippen LogP contribution in [0.5, 0.6) is 5.75 Å². The number of benzene rings is 1. The number of anilines is 2. The van der Waals surface area contributed by atoms with E-state index in [0.717, 1.165) is 19.4 Å². The Labute approximate surface area is 162 Å². The molecule has 2 N–H and O–H groups in total. The molecule has 0 bridgehead atoms. The van der Waals surface area contributed by atoms with E-state index >= 15 is 0 Å². The number of thioether (sulfide) groups is 1. The van der Waals surface area contributed by atoms with Crippen molar-refractivity contribution in [2.75, 3.05) is 29.5 Å². The molecule has 0 radical (unpaired) electrons. The van der Waals surface area contributed by atoms with Crippen LogP contribution in [-0.2, 0) is 9.53 Å². The molecule has 1 atom stereocenters. The number of nitrogens with one attached hydrogen (secondary N) is 2. The quantitative estimate of drug-likeness (QED) is 0.606. The van der Waals surface area contributed by atoms with Gasteiger partial charge in [-0.15, -0.1) is 10.2 Å². The van der Waals surface area contributed by atoms with Gasteiger partial charge >= 0.3 is 6.61 Å². The lowest BCUT2D eigenvalue weighted by Crippen LogP contribution is -2.18. The van der Waals surface area contributed by atoms with E-state index in [9.17, 15) is 13.6 Å². The molecule has 0 saturated carbocycles. The minimum absolute atomic E-state index is 0.0728. The first-order valence-electron chi connectivity index (χ1n) is 8.25. The number of rotatable bonds is 9. The molecule has 2 heterocycles. The predicted molar refractivity (Wildman–Crippen MR) is 99.8 cm³/mol. The van der Waals surface area contributed by atoms with E-state index < -0.39 is 6.61 Å². The number of ether oxygens (including phenoxy) is 2. The summed E-state index contributed by atoms with van der Waals surface area (Å²) in [5.41, 5.74) is 0.194. The first kappa shape index (κ1) is 19.8. The molecule has 1 saturated heterocycles. The second-order valence-corrected chi connectivity index (χ2v) is 7.80. The molecule has 1 aromatic carbocycles.